The number of amides is 1. The topological polar surface area (TPSA) is 41.5 Å². The molecule has 0 saturated carbocycles. The van der Waals surface area contributed by atoms with Gasteiger partial charge < -0.3 is 5.32 Å². The van der Waals surface area contributed by atoms with Crippen molar-refractivity contribution in [3.63, 3.8) is 0 Å². The smallest absolute Gasteiger partial charge is 0.275 e. The molecule has 0 aromatic heterocycles. The molecule has 1 amide bonds. The maximum Gasteiger partial charge on any atom is 0.275 e. The number of rotatable bonds is 1. The second-order valence-electron chi connectivity index (χ2n) is 5.32. The zero-order valence-electron chi connectivity index (χ0n) is 12.1. The highest BCUT2D eigenvalue weighted by Crippen LogP contribution is 2.34. The van der Waals surface area contributed by atoms with Crippen molar-refractivity contribution in [2.75, 3.05) is 5.32 Å². The van der Waals surface area contributed by atoms with Gasteiger partial charge in [0.05, 0.1) is 11.4 Å². The Morgan fingerprint density at radius 2 is 1.81 bits per heavy atom. The normalized spacial score (nSPS) is 15.2. The van der Waals surface area contributed by atoms with Gasteiger partial charge >= 0.3 is 0 Å². The second kappa shape index (κ2) is 5.11. The minimum atomic E-state index is -0.156. The Labute approximate surface area is 132 Å². The summed E-state index contributed by atoms with van der Waals surface area (Å²) in [7, 11) is 0. The van der Waals surface area contributed by atoms with Crippen LogP contribution >= 0.6 is 15.9 Å². The number of fused-ring (bicyclic) bond motifs is 1. The first-order valence-corrected chi connectivity index (χ1v) is 7.53. The summed E-state index contributed by atoms with van der Waals surface area (Å²) >= 11 is 3.57. The largest absolute Gasteiger partial charge is 0.320 e. The van der Waals surface area contributed by atoms with Crippen LogP contribution in [0.5, 0.6) is 0 Å². The summed E-state index contributed by atoms with van der Waals surface area (Å²) in [6.45, 7) is 6.05. The van der Waals surface area contributed by atoms with Crippen molar-refractivity contribution < 1.29 is 4.79 Å². The molecule has 4 heteroatoms. The first-order chi connectivity index (χ1) is 9.97. The molecule has 3 rings (SSSR count). The molecule has 0 radical (unpaired) electrons. The van der Waals surface area contributed by atoms with Crippen molar-refractivity contribution >= 4 is 38.9 Å². The molecular formula is C17H15BrN2O. The maximum absolute atomic E-state index is 12.2. The number of nitrogens with one attached hydrogen (secondary N) is 1. The number of carbonyl (C=O) groups excluding carboxylic acids is 1. The third kappa shape index (κ3) is 2.40. The van der Waals surface area contributed by atoms with Crippen LogP contribution in [0.1, 0.15) is 22.3 Å². The number of anilines is 1. The van der Waals surface area contributed by atoms with Crippen LogP contribution in [-0.4, -0.2) is 11.6 Å². The van der Waals surface area contributed by atoms with Crippen LogP contribution in [0, 0.1) is 20.8 Å². The number of carbonyl (C=O) groups is 1. The lowest BCUT2D eigenvalue weighted by molar-refractivity contribution is -0.110. The number of hydrogen-bond acceptors (Lipinski definition) is 2. The Kier molecular flexibility index (Phi) is 3.41. The SMILES string of the molecule is Cc1ccc(N=C2C(=O)Nc3ccc(C)c(Br)c32)c(C)c1. The Morgan fingerprint density at radius 1 is 1.05 bits per heavy atom. The molecule has 3 nitrogen and oxygen atoms in total. The third-order valence-corrected chi connectivity index (χ3v) is 4.64. The Balaban J connectivity index is 2.18. The Hall–Kier alpha value is -1.94. The monoisotopic (exact) mass is 342 g/mol. The zero-order chi connectivity index (χ0) is 15.1. The fraction of sp³-hybridized carbons (Fsp3) is 0.176. The molecule has 21 heavy (non-hydrogen) atoms. The van der Waals surface area contributed by atoms with E-state index in [1.54, 1.807) is 0 Å². The van der Waals surface area contributed by atoms with Crippen molar-refractivity contribution in [3.8, 4) is 0 Å². The van der Waals surface area contributed by atoms with Gasteiger partial charge in [0.25, 0.3) is 5.91 Å². The van der Waals surface area contributed by atoms with Gasteiger partial charge in [-0.25, -0.2) is 4.99 Å². The van der Waals surface area contributed by atoms with E-state index in [9.17, 15) is 4.79 Å². The summed E-state index contributed by atoms with van der Waals surface area (Å²) in [5, 5.41) is 2.87. The number of aryl methyl sites for hydroxylation is 3. The van der Waals surface area contributed by atoms with Crippen molar-refractivity contribution in [2.24, 2.45) is 4.99 Å². The fourth-order valence-corrected chi connectivity index (χ4v) is 3.00. The van der Waals surface area contributed by atoms with Crippen molar-refractivity contribution in [1.82, 2.24) is 0 Å². The van der Waals surface area contributed by atoms with Crippen LogP contribution < -0.4 is 5.32 Å². The Morgan fingerprint density at radius 3 is 2.52 bits per heavy atom. The van der Waals surface area contributed by atoms with Gasteiger partial charge in [-0.05, 0) is 60.0 Å². The molecular weight excluding hydrogens is 328 g/mol. The number of nitrogens with zero attached hydrogens (tertiary/aromatic N) is 1. The van der Waals surface area contributed by atoms with Gasteiger partial charge in [0.1, 0.15) is 5.71 Å². The molecule has 0 spiro atoms. The first-order valence-electron chi connectivity index (χ1n) is 6.74. The molecule has 1 aliphatic rings. The summed E-state index contributed by atoms with van der Waals surface area (Å²) in [5.74, 6) is -0.156. The average Bonchev–Trinajstić information content (AvgIpc) is 2.74. The number of hydrogen-bond donors (Lipinski definition) is 1. The van der Waals surface area contributed by atoms with E-state index in [-0.39, 0.29) is 5.91 Å². The van der Waals surface area contributed by atoms with Crippen LogP contribution in [0.4, 0.5) is 11.4 Å². The van der Waals surface area contributed by atoms with E-state index in [2.05, 4.69) is 32.3 Å². The van der Waals surface area contributed by atoms with E-state index in [4.69, 9.17) is 0 Å². The lowest BCUT2D eigenvalue weighted by Crippen LogP contribution is -2.14. The van der Waals surface area contributed by atoms with E-state index in [1.807, 2.05) is 45.0 Å². The molecule has 0 atom stereocenters. The standard InChI is InChI=1S/C17H15BrN2O/c1-9-4-6-12(11(3)8-9)19-16-14-13(20-17(16)21)7-5-10(2)15(14)18/h4-8H,1-3H3,(H,19,20,21). The van der Waals surface area contributed by atoms with E-state index < -0.39 is 0 Å². The van der Waals surface area contributed by atoms with Gasteiger partial charge in [-0.2, -0.15) is 0 Å². The molecule has 1 N–H and O–H groups in total. The highest BCUT2D eigenvalue weighted by molar-refractivity contribution is 9.10. The van der Waals surface area contributed by atoms with Gasteiger partial charge in [-0.3, -0.25) is 4.79 Å². The van der Waals surface area contributed by atoms with Crippen molar-refractivity contribution in [2.45, 2.75) is 20.8 Å². The van der Waals surface area contributed by atoms with E-state index in [1.165, 1.54) is 5.56 Å². The summed E-state index contributed by atoms with van der Waals surface area (Å²) in [6.07, 6.45) is 0. The van der Waals surface area contributed by atoms with Crippen LogP contribution in [0.3, 0.4) is 0 Å². The van der Waals surface area contributed by atoms with E-state index in [0.717, 1.165) is 32.5 Å². The number of aliphatic imine (C=N–C) groups is 1. The second-order valence-corrected chi connectivity index (χ2v) is 6.12. The molecule has 0 unspecified atom stereocenters. The van der Waals surface area contributed by atoms with Crippen LogP contribution in [-0.2, 0) is 4.79 Å². The van der Waals surface area contributed by atoms with Gasteiger partial charge in [0, 0.05) is 10.0 Å². The summed E-state index contributed by atoms with van der Waals surface area (Å²) in [4.78, 5) is 16.8. The molecule has 0 saturated heterocycles. The average molecular weight is 343 g/mol. The van der Waals surface area contributed by atoms with E-state index in [0.29, 0.717) is 5.71 Å². The van der Waals surface area contributed by atoms with Gasteiger partial charge in [-0.1, -0.05) is 23.8 Å². The van der Waals surface area contributed by atoms with Crippen molar-refractivity contribution in [3.05, 3.63) is 57.1 Å². The highest BCUT2D eigenvalue weighted by atomic mass is 79.9. The first kappa shape index (κ1) is 14.0. The summed E-state index contributed by atoms with van der Waals surface area (Å²) in [6, 6.07) is 9.91. The summed E-state index contributed by atoms with van der Waals surface area (Å²) < 4.78 is 0.918. The minimum absolute atomic E-state index is 0.156. The molecule has 2 aromatic rings. The van der Waals surface area contributed by atoms with Crippen LogP contribution in [0.15, 0.2) is 39.8 Å². The molecule has 0 fully saturated rings. The van der Waals surface area contributed by atoms with E-state index >= 15 is 0 Å². The predicted molar refractivity (Wildman–Crippen MR) is 89.6 cm³/mol. The molecule has 2 aromatic carbocycles. The Bertz CT molecular complexity index is 794. The van der Waals surface area contributed by atoms with Gasteiger partial charge in [-0.15, -0.1) is 0 Å². The molecule has 1 aliphatic heterocycles. The molecule has 1 heterocycles. The fourth-order valence-electron chi connectivity index (χ4n) is 2.47. The third-order valence-electron chi connectivity index (χ3n) is 3.62. The molecule has 106 valence electrons. The van der Waals surface area contributed by atoms with Crippen LogP contribution in [0.25, 0.3) is 0 Å². The number of benzene rings is 2. The predicted octanol–water partition coefficient (Wildman–Crippen LogP) is 4.45. The minimum Gasteiger partial charge on any atom is -0.320 e. The maximum atomic E-state index is 12.2. The van der Waals surface area contributed by atoms with Crippen molar-refractivity contribution in [1.29, 1.82) is 0 Å². The molecule has 0 aliphatic carbocycles. The van der Waals surface area contributed by atoms with Gasteiger partial charge in [0.2, 0.25) is 0 Å². The summed E-state index contributed by atoms with van der Waals surface area (Å²) in [5.41, 5.74) is 6.27. The van der Waals surface area contributed by atoms with Gasteiger partial charge in [0.15, 0.2) is 0 Å². The zero-order valence-corrected chi connectivity index (χ0v) is 13.7. The van der Waals surface area contributed by atoms with Crippen LogP contribution in [0.2, 0.25) is 0 Å². The quantitative estimate of drug-likeness (QED) is 0.817. The lowest BCUT2D eigenvalue weighted by Gasteiger charge is -2.06. The lowest BCUT2D eigenvalue weighted by atomic mass is 10.1. The molecule has 0 bridgehead atoms. The number of halogens is 1. The highest BCUT2D eigenvalue weighted by Gasteiger charge is 2.29.